The Balaban J connectivity index is 1.82. The molecule has 4 aromatic rings. The van der Waals surface area contributed by atoms with Crippen molar-refractivity contribution in [3.63, 3.8) is 0 Å². The van der Waals surface area contributed by atoms with Crippen molar-refractivity contribution >= 4 is 9.84 Å². The lowest BCUT2D eigenvalue weighted by Crippen LogP contribution is -2.21. The van der Waals surface area contributed by atoms with Gasteiger partial charge in [0.2, 0.25) is 9.84 Å². The fraction of sp³-hybridized carbons (Fsp3) is 0.273. The Kier molecular flexibility index (Phi) is 14.2. The Morgan fingerprint density at radius 2 is 1.06 bits per heavy atom. The summed E-state index contributed by atoms with van der Waals surface area (Å²) in [6, 6.07) is 20.8. The average molecular weight is 731 g/mol. The van der Waals surface area contributed by atoms with E-state index in [2.05, 4.69) is 37.5 Å². The SMILES string of the molecule is C#CCOCc1cc(C(C)(C)c2cc(COCC#C)c(OC)c(OCC#C)c2)cc(COCC#C)c1Oc1ccc(S(=O)(=O)c2ccc(C)cc2)cc1. The maximum Gasteiger partial charge on any atom is 0.206 e. The van der Waals surface area contributed by atoms with Gasteiger partial charge in [0.1, 0.15) is 37.9 Å². The van der Waals surface area contributed by atoms with Gasteiger partial charge in [-0.15, -0.1) is 25.7 Å². The van der Waals surface area contributed by atoms with E-state index in [1.807, 2.05) is 31.2 Å². The van der Waals surface area contributed by atoms with Crippen molar-refractivity contribution in [2.45, 2.75) is 55.8 Å². The van der Waals surface area contributed by atoms with Gasteiger partial charge in [-0.2, -0.15) is 0 Å². The zero-order valence-electron chi connectivity index (χ0n) is 30.4. The molecule has 53 heavy (non-hydrogen) atoms. The minimum absolute atomic E-state index is 0.0309. The van der Waals surface area contributed by atoms with Crippen LogP contribution in [0.5, 0.6) is 23.0 Å². The first kappa shape index (κ1) is 40.1. The van der Waals surface area contributed by atoms with E-state index >= 15 is 0 Å². The Morgan fingerprint density at radius 3 is 1.51 bits per heavy atom. The highest BCUT2D eigenvalue weighted by molar-refractivity contribution is 7.91. The van der Waals surface area contributed by atoms with Crippen LogP contribution in [0.1, 0.15) is 47.2 Å². The molecule has 0 unspecified atom stereocenters. The standard InChI is InChI=1S/C44H42O8S/c1-9-21-48-29-33-25-36(44(6,7)37-27-35(31-50-23-11-3)43(47-8)41(28-37)51-24-12-4)26-34(30-49-22-10-2)42(33)52-38-15-19-40(20-16-38)53(45,46)39-17-13-32(5)14-18-39/h1-4,13-20,25-28H,21-24,29-31H2,5-8H3. The molecular weight excluding hydrogens is 689 g/mol. The number of sulfone groups is 1. The second-order valence-electron chi connectivity index (χ2n) is 12.4. The molecule has 9 heteroatoms. The van der Waals surface area contributed by atoms with Crippen LogP contribution in [0.3, 0.4) is 0 Å². The predicted octanol–water partition coefficient (Wildman–Crippen LogP) is 7.42. The molecule has 0 heterocycles. The summed E-state index contributed by atoms with van der Waals surface area (Å²) in [4.78, 5) is 0.338. The van der Waals surface area contributed by atoms with Gasteiger partial charge in [0, 0.05) is 22.1 Å². The van der Waals surface area contributed by atoms with E-state index in [0.29, 0.717) is 34.1 Å². The molecule has 272 valence electrons. The number of ether oxygens (including phenoxy) is 6. The summed E-state index contributed by atoms with van der Waals surface area (Å²) in [5.74, 6) is 11.8. The van der Waals surface area contributed by atoms with Crippen molar-refractivity contribution in [3.05, 3.63) is 106 Å². The molecule has 0 bridgehead atoms. The van der Waals surface area contributed by atoms with E-state index in [-0.39, 0.29) is 56.0 Å². The average Bonchev–Trinajstić information content (AvgIpc) is 3.15. The summed E-state index contributed by atoms with van der Waals surface area (Å²) in [5, 5.41) is 0. The van der Waals surface area contributed by atoms with Crippen molar-refractivity contribution in [1.29, 1.82) is 0 Å². The van der Waals surface area contributed by atoms with Gasteiger partial charge in [-0.1, -0.05) is 55.2 Å². The number of hydrogen-bond acceptors (Lipinski definition) is 8. The number of hydrogen-bond donors (Lipinski definition) is 0. The number of benzene rings is 4. The molecule has 0 saturated heterocycles. The third-order valence-electron chi connectivity index (χ3n) is 8.35. The predicted molar refractivity (Wildman–Crippen MR) is 205 cm³/mol. The fourth-order valence-corrected chi connectivity index (χ4v) is 6.79. The van der Waals surface area contributed by atoms with Crippen molar-refractivity contribution in [2.75, 3.05) is 33.5 Å². The van der Waals surface area contributed by atoms with Crippen molar-refractivity contribution < 1.29 is 36.8 Å². The molecule has 8 nitrogen and oxygen atoms in total. The molecule has 0 atom stereocenters. The van der Waals surface area contributed by atoms with Gasteiger partial charge in [-0.25, -0.2) is 8.42 Å². The first-order chi connectivity index (χ1) is 25.5. The van der Waals surface area contributed by atoms with Gasteiger partial charge in [-0.3, -0.25) is 0 Å². The number of terminal acetylenes is 4. The first-order valence-electron chi connectivity index (χ1n) is 16.6. The van der Waals surface area contributed by atoms with Crippen LogP contribution in [0.2, 0.25) is 0 Å². The highest BCUT2D eigenvalue weighted by Crippen LogP contribution is 2.43. The molecule has 0 aliphatic rings. The Bertz CT molecular complexity index is 2110. The van der Waals surface area contributed by atoms with E-state index in [4.69, 9.17) is 54.1 Å². The molecule has 0 aliphatic carbocycles. The minimum atomic E-state index is -3.74. The van der Waals surface area contributed by atoms with Gasteiger partial charge in [0.05, 0.1) is 36.7 Å². The maximum atomic E-state index is 13.3. The largest absolute Gasteiger partial charge is 0.492 e. The van der Waals surface area contributed by atoms with Gasteiger partial charge in [-0.05, 0) is 78.7 Å². The van der Waals surface area contributed by atoms with Crippen LogP contribution in [0.25, 0.3) is 0 Å². The van der Waals surface area contributed by atoms with E-state index in [9.17, 15) is 8.42 Å². The van der Waals surface area contributed by atoms with Crippen LogP contribution in [0.4, 0.5) is 0 Å². The molecule has 0 N–H and O–H groups in total. The third kappa shape index (κ3) is 10.0. The van der Waals surface area contributed by atoms with Crippen LogP contribution in [-0.4, -0.2) is 42.0 Å². The number of methoxy groups -OCH3 is 1. The second-order valence-corrected chi connectivity index (χ2v) is 14.3. The smallest absolute Gasteiger partial charge is 0.206 e. The van der Waals surface area contributed by atoms with E-state index in [1.54, 1.807) is 43.5 Å². The quantitative estimate of drug-likeness (QED) is 0.0773. The molecule has 0 amide bonds. The number of aryl methyl sites for hydroxylation is 1. The molecule has 0 saturated carbocycles. The topological polar surface area (TPSA) is 89.5 Å². The van der Waals surface area contributed by atoms with Crippen molar-refractivity contribution in [2.24, 2.45) is 0 Å². The summed E-state index contributed by atoms with van der Waals surface area (Å²) in [7, 11) is -2.19. The van der Waals surface area contributed by atoms with Gasteiger partial charge in [0.15, 0.2) is 11.5 Å². The normalized spacial score (nSPS) is 11.1. The molecule has 0 aromatic heterocycles. The highest BCUT2D eigenvalue weighted by atomic mass is 32.2. The van der Waals surface area contributed by atoms with Crippen molar-refractivity contribution in [3.8, 4) is 72.4 Å². The first-order valence-corrected chi connectivity index (χ1v) is 18.1. The third-order valence-corrected chi connectivity index (χ3v) is 10.1. The monoisotopic (exact) mass is 730 g/mol. The minimum Gasteiger partial charge on any atom is -0.492 e. The summed E-state index contributed by atoms with van der Waals surface area (Å²) >= 11 is 0. The molecule has 0 spiro atoms. The van der Waals surface area contributed by atoms with E-state index < -0.39 is 15.3 Å². The van der Waals surface area contributed by atoms with Crippen LogP contribution in [0, 0.1) is 56.3 Å². The molecular formula is C44H42O8S. The highest BCUT2D eigenvalue weighted by Gasteiger charge is 2.29. The molecule has 0 fully saturated rings. The summed E-state index contributed by atoms with van der Waals surface area (Å²) < 4.78 is 62.1. The van der Waals surface area contributed by atoms with E-state index in [1.165, 1.54) is 12.1 Å². The molecule has 0 radical (unpaired) electrons. The van der Waals surface area contributed by atoms with Crippen LogP contribution in [0.15, 0.2) is 82.6 Å². The van der Waals surface area contributed by atoms with Crippen LogP contribution in [-0.2, 0) is 49.3 Å². The lowest BCUT2D eigenvalue weighted by Gasteiger charge is -2.30. The molecule has 0 aliphatic heterocycles. The van der Waals surface area contributed by atoms with Gasteiger partial charge in [0.25, 0.3) is 0 Å². The van der Waals surface area contributed by atoms with Crippen molar-refractivity contribution in [1.82, 2.24) is 0 Å². The van der Waals surface area contributed by atoms with Gasteiger partial charge >= 0.3 is 0 Å². The summed E-state index contributed by atoms with van der Waals surface area (Å²) in [6.45, 7) is 6.70. The lowest BCUT2D eigenvalue weighted by atomic mass is 9.76. The maximum absolute atomic E-state index is 13.3. The Labute approximate surface area is 313 Å². The second kappa shape index (κ2) is 18.7. The Morgan fingerprint density at radius 1 is 0.623 bits per heavy atom. The zero-order valence-corrected chi connectivity index (χ0v) is 31.2. The molecule has 4 rings (SSSR count). The Hall–Kier alpha value is -5.65. The summed E-state index contributed by atoms with van der Waals surface area (Å²) in [6.07, 6.45) is 22.0. The number of rotatable bonds is 18. The zero-order chi connectivity index (χ0) is 38.4. The van der Waals surface area contributed by atoms with Crippen LogP contribution >= 0.6 is 0 Å². The fourth-order valence-electron chi connectivity index (χ4n) is 5.53. The van der Waals surface area contributed by atoms with E-state index in [0.717, 1.165) is 22.3 Å². The lowest BCUT2D eigenvalue weighted by molar-refractivity contribution is 0.145. The molecule has 4 aromatic carbocycles. The van der Waals surface area contributed by atoms with Gasteiger partial charge < -0.3 is 28.4 Å². The summed E-state index contributed by atoms with van der Waals surface area (Å²) in [5.41, 5.74) is 4.13. The van der Waals surface area contributed by atoms with Crippen LogP contribution < -0.4 is 14.2 Å².